The van der Waals surface area contributed by atoms with Gasteiger partial charge < -0.3 is 9.64 Å². The average molecular weight is 484 g/mol. The lowest BCUT2D eigenvalue weighted by Gasteiger charge is -2.23. The van der Waals surface area contributed by atoms with E-state index >= 15 is 0 Å². The molecule has 1 aliphatic heterocycles. The molecule has 1 saturated carbocycles. The zero-order chi connectivity index (χ0) is 22.0. The van der Waals surface area contributed by atoms with E-state index in [2.05, 4.69) is 21.6 Å². The van der Waals surface area contributed by atoms with E-state index in [1.807, 2.05) is 48.5 Å². The van der Waals surface area contributed by atoms with Gasteiger partial charge in [-0.2, -0.15) is 4.03 Å². The summed E-state index contributed by atoms with van der Waals surface area (Å²) in [5.74, 6) is -0.171. The summed E-state index contributed by atoms with van der Waals surface area (Å²) in [4.78, 5) is 39.8. The molecule has 2 aromatic carbocycles. The summed E-state index contributed by atoms with van der Waals surface area (Å²) in [6.07, 6.45) is 3.29. The van der Waals surface area contributed by atoms with E-state index in [1.54, 1.807) is 18.1 Å². The normalized spacial score (nSPS) is 15.5. The molecule has 7 nitrogen and oxygen atoms in total. The molecule has 1 heterocycles. The second-order valence-electron chi connectivity index (χ2n) is 7.57. The maximum atomic E-state index is 13.2. The summed E-state index contributed by atoms with van der Waals surface area (Å²) in [5, 5.41) is 0. The van der Waals surface area contributed by atoms with E-state index in [0.29, 0.717) is 12.1 Å². The molecule has 160 valence electrons. The number of fused-ring (bicyclic) bond motifs is 1. The molecule has 2 aliphatic rings. The quantitative estimate of drug-likeness (QED) is 0.520. The first kappa shape index (κ1) is 21.1. The maximum Gasteiger partial charge on any atom is 0.279 e. The number of methoxy groups -OCH3 is 1. The number of hydrogen-bond acceptors (Lipinski definition) is 4. The summed E-state index contributed by atoms with van der Waals surface area (Å²) in [6, 6.07) is 15.0. The van der Waals surface area contributed by atoms with Crippen LogP contribution in [-0.2, 0) is 20.9 Å². The lowest BCUT2D eigenvalue weighted by atomic mass is 10.1. The Hall–Kier alpha value is -3.13. The lowest BCUT2D eigenvalue weighted by Crippen LogP contribution is -2.41. The van der Waals surface area contributed by atoms with Gasteiger partial charge in [0.05, 0.1) is 41.9 Å². The van der Waals surface area contributed by atoms with Crippen LogP contribution in [0.5, 0.6) is 5.75 Å². The van der Waals surface area contributed by atoms with Gasteiger partial charge in [-0.05, 0) is 48.2 Å². The van der Waals surface area contributed by atoms with E-state index in [9.17, 15) is 14.4 Å². The Morgan fingerprint density at radius 1 is 1.16 bits per heavy atom. The molecule has 0 unspecified atom stereocenters. The first-order valence-electron chi connectivity index (χ1n) is 10.00. The highest BCUT2D eigenvalue weighted by Gasteiger charge is 2.33. The van der Waals surface area contributed by atoms with Crippen LogP contribution in [0.1, 0.15) is 30.4 Å². The predicted molar refractivity (Wildman–Crippen MR) is 120 cm³/mol. The summed E-state index contributed by atoms with van der Waals surface area (Å²) in [6.45, 7) is 0.367. The molecular formula is C23H22BrN3O4. The minimum atomic E-state index is -0.469. The highest BCUT2D eigenvalue weighted by atomic mass is 79.9. The first-order valence-corrected chi connectivity index (χ1v) is 10.7. The number of rotatable bonds is 5. The fourth-order valence-electron chi connectivity index (χ4n) is 3.42. The van der Waals surface area contributed by atoms with E-state index in [1.165, 1.54) is 0 Å². The van der Waals surface area contributed by atoms with Gasteiger partial charge in [0.15, 0.2) is 0 Å². The van der Waals surface area contributed by atoms with Crippen molar-refractivity contribution in [3.8, 4) is 5.75 Å². The van der Waals surface area contributed by atoms with Gasteiger partial charge >= 0.3 is 0 Å². The van der Waals surface area contributed by atoms with Crippen molar-refractivity contribution in [3.05, 3.63) is 65.2 Å². The van der Waals surface area contributed by atoms with Gasteiger partial charge in [0.2, 0.25) is 11.8 Å². The molecule has 0 aromatic heterocycles. The number of carbonyl (C=O) groups is 3. The predicted octanol–water partition coefficient (Wildman–Crippen LogP) is 3.60. The lowest BCUT2D eigenvalue weighted by molar-refractivity contribution is -0.133. The van der Waals surface area contributed by atoms with Crippen LogP contribution in [0, 0.1) is 5.92 Å². The summed E-state index contributed by atoms with van der Waals surface area (Å²) in [5.41, 5.74) is 5.27. The molecule has 0 radical (unpaired) electrons. The van der Waals surface area contributed by atoms with Crippen molar-refractivity contribution in [3.63, 3.8) is 0 Å². The third kappa shape index (κ3) is 4.80. The van der Waals surface area contributed by atoms with Gasteiger partial charge in [-0.1, -0.05) is 30.3 Å². The number of nitrogens with zero attached hydrogens (tertiary/aromatic N) is 2. The standard InChI is InChI=1S/C23H22BrN3O4/c1-31-19-10-6-15(7-11-19)14-26-20-5-3-2-4-17(20)12-18(13-21(26)28)23(30)27(24)25-22(29)16-8-9-16/h2-7,10-12,16H,8-9,13-14H2,1H3,(H,25,29). The fraction of sp³-hybridized carbons (Fsp3) is 0.261. The molecule has 2 aromatic rings. The van der Waals surface area contributed by atoms with Crippen molar-refractivity contribution >= 4 is 45.6 Å². The van der Waals surface area contributed by atoms with Crippen LogP contribution in [0.3, 0.4) is 0 Å². The van der Waals surface area contributed by atoms with Gasteiger partial charge in [-0.3, -0.25) is 19.8 Å². The third-order valence-corrected chi connectivity index (χ3v) is 5.81. The van der Waals surface area contributed by atoms with E-state index < -0.39 is 5.91 Å². The summed E-state index contributed by atoms with van der Waals surface area (Å²) in [7, 11) is 1.61. The fourth-order valence-corrected chi connectivity index (χ4v) is 3.82. The molecule has 0 bridgehead atoms. The average Bonchev–Trinajstić information content (AvgIpc) is 3.63. The van der Waals surface area contributed by atoms with Crippen LogP contribution in [0.4, 0.5) is 5.69 Å². The van der Waals surface area contributed by atoms with Crippen molar-refractivity contribution in [2.45, 2.75) is 25.8 Å². The number of carbonyl (C=O) groups excluding carboxylic acids is 3. The Bertz CT molecular complexity index is 1050. The van der Waals surface area contributed by atoms with Crippen molar-refractivity contribution < 1.29 is 19.1 Å². The number of amides is 3. The van der Waals surface area contributed by atoms with Crippen molar-refractivity contribution in [2.75, 3.05) is 12.0 Å². The van der Waals surface area contributed by atoms with E-state index in [0.717, 1.165) is 39.4 Å². The van der Waals surface area contributed by atoms with Gasteiger partial charge in [0.25, 0.3) is 5.91 Å². The second-order valence-corrected chi connectivity index (χ2v) is 8.28. The molecule has 1 fully saturated rings. The number of anilines is 1. The SMILES string of the molecule is COc1ccc(CN2C(=O)CC(C(=O)N(Br)NC(=O)C3CC3)=Cc3ccccc32)cc1. The molecule has 31 heavy (non-hydrogen) atoms. The number of para-hydroxylation sites is 1. The van der Waals surface area contributed by atoms with E-state index in [-0.39, 0.29) is 24.2 Å². The molecule has 1 N–H and O–H groups in total. The van der Waals surface area contributed by atoms with Gasteiger partial charge in [-0.25, -0.2) is 0 Å². The minimum absolute atomic E-state index is 0.0432. The monoisotopic (exact) mass is 483 g/mol. The summed E-state index contributed by atoms with van der Waals surface area (Å²) >= 11 is 3.12. The van der Waals surface area contributed by atoms with Gasteiger partial charge in [0.1, 0.15) is 5.75 Å². The molecule has 0 atom stereocenters. The largest absolute Gasteiger partial charge is 0.497 e. The van der Waals surface area contributed by atoms with Gasteiger partial charge in [0, 0.05) is 11.5 Å². The molecule has 4 rings (SSSR count). The molecule has 3 amide bonds. The van der Waals surface area contributed by atoms with Crippen LogP contribution in [0.25, 0.3) is 6.08 Å². The van der Waals surface area contributed by atoms with Crippen molar-refractivity contribution in [1.29, 1.82) is 0 Å². The second kappa shape index (κ2) is 8.93. The van der Waals surface area contributed by atoms with Crippen LogP contribution >= 0.6 is 16.1 Å². The van der Waals surface area contributed by atoms with Crippen LogP contribution < -0.4 is 15.1 Å². The topological polar surface area (TPSA) is 79.0 Å². The Kier molecular flexibility index (Phi) is 6.08. The Labute approximate surface area is 189 Å². The van der Waals surface area contributed by atoms with Gasteiger partial charge in [-0.15, -0.1) is 0 Å². The zero-order valence-electron chi connectivity index (χ0n) is 17.0. The molecule has 0 spiro atoms. The smallest absolute Gasteiger partial charge is 0.279 e. The summed E-state index contributed by atoms with van der Waals surface area (Å²) < 4.78 is 6.19. The highest BCUT2D eigenvalue weighted by Crippen LogP contribution is 2.32. The molecule has 1 aliphatic carbocycles. The van der Waals surface area contributed by atoms with Crippen LogP contribution in [0.2, 0.25) is 0 Å². The Morgan fingerprint density at radius 2 is 1.87 bits per heavy atom. The number of benzene rings is 2. The third-order valence-electron chi connectivity index (χ3n) is 5.31. The number of halogens is 1. The van der Waals surface area contributed by atoms with Crippen LogP contribution in [0.15, 0.2) is 54.1 Å². The molecular weight excluding hydrogens is 462 g/mol. The number of ether oxygens (including phenoxy) is 1. The Morgan fingerprint density at radius 3 is 2.55 bits per heavy atom. The molecule has 8 heteroatoms. The number of hydrogen-bond donors (Lipinski definition) is 1. The first-order chi connectivity index (χ1) is 15.0. The number of hydrazine groups is 1. The van der Waals surface area contributed by atoms with Crippen molar-refractivity contribution in [1.82, 2.24) is 9.46 Å². The number of nitrogens with one attached hydrogen (secondary N) is 1. The molecule has 0 saturated heterocycles. The maximum absolute atomic E-state index is 13.2. The van der Waals surface area contributed by atoms with Crippen LogP contribution in [-0.4, -0.2) is 28.9 Å². The minimum Gasteiger partial charge on any atom is -0.497 e. The van der Waals surface area contributed by atoms with E-state index in [4.69, 9.17) is 4.74 Å². The zero-order valence-corrected chi connectivity index (χ0v) is 18.6. The van der Waals surface area contributed by atoms with Crippen molar-refractivity contribution in [2.24, 2.45) is 5.92 Å². The Balaban J connectivity index is 1.57. The highest BCUT2D eigenvalue weighted by molar-refractivity contribution is 9.07.